The van der Waals surface area contributed by atoms with E-state index in [9.17, 15) is 22.9 Å². The van der Waals surface area contributed by atoms with Crippen LogP contribution in [-0.4, -0.2) is 19.4 Å². The lowest BCUT2D eigenvalue weighted by molar-refractivity contribution is -0.388. The lowest BCUT2D eigenvalue weighted by Gasteiger charge is -2.26. The zero-order valence-electron chi connectivity index (χ0n) is 11.1. The molecule has 0 bridgehead atoms. The molecule has 2 rings (SSSR count). The van der Waals surface area contributed by atoms with Crippen LogP contribution < -0.4 is 4.72 Å². The zero-order chi connectivity index (χ0) is 15.1. The highest BCUT2D eigenvalue weighted by atomic mass is 32.2. The normalized spacial score (nSPS) is 15.9. The van der Waals surface area contributed by atoms with Gasteiger partial charge in [-0.05, 0) is 38.3 Å². The molecule has 0 heterocycles. The summed E-state index contributed by atoms with van der Waals surface area (Å²) in [5.74, 6) is -1.02. The number of aryl methyl sites for hydroxylation is 1. The van der Waals surface area contributed by atoms with Crippen LogP contribution in [0.15, 0.2) is 11.0 Å². The molecule has 0 spiro atoms. The Morgan fingerprint density at radius 2 is 2.00 bits per heavy atom. The molecule has 0 radical (unpaired) electrons. The van der Waals surface area contributed by atoms with Gasteiger partial charge in [0.2, 0.25) is 15.8 Å². The van der Waals surface area contributed by atoms with E-state index in [4.69, 9.17) is 0 Å². The predicted octanol–water partition coefficient (Wildman–Crippen LogP) is 2.18. The fourth-order valence-corrected chi connectivity index (χ4v) is 4.12. The maximum Gasteiger partial charge on any atom is 0.309 e. The molecule has 0 aliphatic heterocycles. The average molecular weight is 302 g/mol. The van der Waals surface area contributed by atoms with E-state index >= 15 is 0 Å². The molecule has 0 unspecified atom stereocenters. The number of nitrogens with one attached hydrogen (secondary N) is 1. The summed E-state index contributed by atoms with van der Waals surface area (Å²) in [5.41, 5.74) is -0.790. The third-order valence-corrected chi connectivity index (χ3v) is 5.31. The summed E-state index contributed by atoms with van der Waals surface area (Å²) >= 11 is 0. The number of halogens is 1. The molecule has 0 aromatic heterocycles. The van der Waals surface area contributed by atoms with E-state index in [1.807, 2.05) is 0 Å². The van der Waals surface area contributed by atoms with Gasteiger partial charge in [-0.25, -0.2) is 13.1 Å². The molecule has 1 saturated carbocycles. The van der Waals surface area contributed by atoms with Crippen LogP contribution in [0.25, 0.3) is 0 Å². The fraction of sp³-hybridized carbons (Fsp3) is 0.500. The number of rotatable bonds is 4. The highest BCUT2D eigenvalue weighted by Gasteiger charge is 2.32. The lowest BCUT2D eigenvalue weighted by atomic mass is 9.94. The topological polar surface area (TPSA) is 89.3 Å². The Balaban J connectivity index is 2.55. The van der Waals surface area contributed by atoms with E-state index < -0.39 is 26.5 Å². The van der Waals surface area contributed by atoms with Crippen molar-refractivity contribution < 1.29 is 17.7 Å². The van der Waals surface area contributed by atoms with Gasteiger partial charge in [-0.3, -0.25) is 10.1 Å². The second-order valence-electron chi connectivity index (χ2n) is 4.98. The minimum Gasteiger partial charge on any atom is -0.258 e. The predicted molar refractivity (Wildman–Crippen MR) is 70.5 cm³/mol. The second kappa shape index (κ2) is 5.10. The molecular formula is C12H15FN2O4S. The first kappa shape index (κ1) is 14.9. The van der Waals surface area contributed by atoms with Crippen LogP contribution in [0.3, 0.4) is 0 Å². The molecule has 1 fully saturated rings. The largest absolute Gasteiger partial charge is 0.309 e. The van der Waals surface area contributed by atoms with Crippen LogP contribution in [0.2, 0.25) is 0 Å². The van der Waals surface area contributed by atoms with Gasteiger partial charge in [-0.1, -0.05) is 6.42 Å². The van der Waals surface area contributed by atoms with Crippen molar-refractivity contribution in [2.45, 2.75) is 44.0 Å². The van der Waals surface area contributed by atoms with Crippen LogP contribution in [0.4, 0.5) is 10.1 Å². The maximum absolute atomic E-state index is 13.6. The Kier molecular flexibility index (Phi) is 3.79. The first-order valence-electron chi connectivity index (χ1n) is 6.20. The average Bonchev–Trinajstić information content (AvgIpc) is 2.21. The van der Waals surface area contributed by atoms with Gasteiger partial charge < -0.3 is 0 Å². The number of benzene rings is 1. The summed E-state index contributed by atoms with van der Waals surface area (Å²) < 4.78 is 40.7. The molecule has 6 nitrogen and oxygen atoms in total. The lowest BCUT2D eigenvalue weighted by Crippen LogP contribution is -2.40. The standard InChI is InChI=1S/C12H15FN2O4S/c1-7-6-10(13)11(15(16)17)8(2)12(7)20(18,19)14-9-4-3-5-9/h6,9,14H,3-5H2,1-2H3. The smallest absolute Gasteiger partial charge is 0.258 e. The summed E-state index contributed by atoms with van der Waals surface area (Å²) in [7, 11) is -3.88. The van der Waals surface area contributed by atoms with Gasteiger partial charge in [0.05, 0.1) is 15.4 Å². The third-order valence-electron chi connectivity index (χ3n) is 3.50. The number of nitro groups is 1. The zero-order valence-corrected chi connectivity index (χ0v) is 12.0. The molecule has 110 valence electrons. The van der Waals surface area contributed by atoms with Crippen molar-refractivity contribution in [2.24, 2.45) is 0 Å². The van der Waals surface area contributed by atoms with Gasteiger partial charge in [-0.2, -0.15) is 4.39 Å². The second-order valence-corrected chi connectivity index (χ2v) is 6.64. The summed E-state index contributed by atoms with van der Waals surface area (Å²) in [6.45, 7) is 2.68. The van der Waals surface area contributed by atoms with E-state index in [1.165, 1.54) is 13.8 Å². The maximum atomic E-state index is 13.6. The number of hydrogen-bond donors (Lipinski definition) is 1. The minimum atomic E-state index is -3.88. The Labute approximate surface area is 116 Å². The number of sulfonamides is 1. The van der Waals surface area contributed by atoms with Crippen LogP contribution >= 0.6 is 0 Å². The highest BCUT2D eigenvalue weighted by Crippen LogP contribution is 2.32. The Hall–Kier alpha value is -1.54. The van der Waals surface area contributed by atoms with Crippen molar-refractivity contribution in [3.05, 3.63) is 33.1 Å². The van der Waals surface area contributed by atoms with Crippen LogP contribution in [0, 0.1) is 29.8 Å². The first-order valence-corrected chi connectivity index (χ1v) is 7.69. The van der Waals surface area contributed by atoms with Crippen molar-refractivity contribution in [1.29, 1.82) is 0 Å². The quantitative estimate of drug-likeness (QED) is 0.682. The summed E-state index contributed by atoms with van der Waals surface area (Å²) in [5, 5.41) is 10.9. The molecule has 1 aromatic rings. The van der Waals surface area contributed by atoms with E-state index in [0.717, 1.165) is 25.3 Å². The third kappa shape index (κ3) is 2.53. The summed E-state index contributed by atoms with van der Waals surface area (Å²) in [6, 6.07) is 0.753. The number of nitrogens with zero attached hydrogens (tertiary/aromatic N) is 1. The Morgan fingerprint density at radius 3 is 2.45 bits per heavy atom. The Bertz CT molecular complexity index is 669. The molecule has 1 aromatic carbocycles. The Morgan fingerprint density at radius 1 is 1.40 bits per heavy atom. The van der Waals surface area contributed by atoms with Gasteiger partial charge in [0.15, 0.2) is 0 Å². The van der Waals surface area contributed by atoms with Gasteiger partial charge in [-0.15, -0.1) is 0 Å². The molecule has 0 amide bonds. The SMILES string of the molecule is Cc1cc(F)c([N+](=O)[O-])c(C)c1S(=O)(=O)NC1CCC1. The van der Waals surface area contributed by atoms with Crippen molar-refractivity contribution in [3.63, 3.8) is 0 Å². The van der Waals surface area contributed by atoms with E-state index in [2.05, 4.69) is 4.72 Å². The molecule has 0 atom stereocenters. The van der Waals surface area contributed by atoms with Crippen molar-refractivity contribution in [3.8, 4) is 0 Å². The van der Waals surface area contributed by atoms with Crippen molar-refractivity contribution >= 4 is 15.7 Å². The van der Waals surface area contributed by atoms with E-state index in [0.29, 0.717) is 0 Å². The molecule has 1 aliphatic rings. The number of nitro benzene ring substituents is 1. The monoisotopic (exact) mass is 302 g/mol. The summed E-state index contributed by atoms with van der Waals surface area (Å²) in [6.07, 6.45) is 2.45. The molecular weight excluding hydrogens is 287 g/mol. The van der Waals surface area contributed by atoms with Crippen LogP contribution in [-0.2, 0) is 10.0 Å². The molecule has 0 saturated heterocycles. The number of hydrogen-bond acceptors (Lipinski definition) is 4. The minimum absolute atomic E-state index is 0.136. The molecule has 20 heavy (non-hydrogen) atoms. The molecule has 1 N–H and O–H groups in total. The first-order chi connectivity index (χ1) is 9.24. The van der Waals surface area contributed by atoms with Gasteiger partial charge >= 0.3 is 5.69 Å². The van der Waals surface area contributed by atoms with Crippen molar-refractivity contribution in [2.75, 3.05) is 0 Å². The van der Waals surface area contributed by atoms with E-state index in [1.54, 1.807) is 0 Å². The highest BCUT2D eigenvalue weighted by molar-refractivity contribution is 7.89. The van der Waals surface area contributed by atoms with Crippen LogP contribution in [0.5, 0.6) is 0 Å². The van der Waals surface area contributed by atoms with Crippen molar-refractivity contribution in [1.82, 2.24) is 4.72 Å². The van der Waals surface area contributed by atoms with Gasteiger partial charge in [0.1, 0.15) is 0 Å². The van der Waals surface area contributed by atoms with Gasteiger partial charge in [0, 0.05) is 6.04 Å². The van der Waals surface area contributed by atoms with Crippen LogP contribution in [0.1, 0.15) is 30.4 Å². The fourth-order valence-electron chi connectivity index (χ4n) is 2.35. The van der Waals surface area contributed by atoms with Gasteiger partial charge in [0.25, 0.3) is 0 Å². The molecule has 8 heteroatoms. The molecule has 1 aliphatic carbocycles. The van der Waals surface area contributed by atoms with E-state index in [-0.39, 0.29) is 22.1 Å². The summed E-state index contributed by atoms with van der Waals surface area (Å²) in [4.78, 5) is 9.78.